The van der Waals surface area contributed by atoms with E-state index in [9.17, 15) is 9.59 Å². The van der Waals surface area contributed by atoms with Gasteiger partial charge in [0.15, 0.2) is 18.1 Å². The number of carbonyl (C=O) groups excluding carboxylic acids is 2. The Labute approximate surface area is 221 Å². The standard InChI is InChI=1S/C28H23BrN2O6/c1-34-23-13-10-20(15-25(23)35-2)28(33)37-21-11-7-18(8-12-21)16-30-31-26(32)17-36-24-14-9-19-5-3-4-6-22(19)27(24)29/h3-16H,17H2,1-2H3,(H,31,32)/b30-16-. The Hall–Kier alpha value is -4.37. The summed E-state index contributed by atoms with van der Waals surface area (Å²) in [4.78, 5) is 24.6. The number of halogens is 1. The summed E-state index contributed by atoms with van der Waals surface area (Å²) < 4.78 is 22.2. The van der Waals surface area contributed by atoms with Crippen molar-refractivity contribution in [3.8, 4) is 23.0 Å². The smallest absolute Gasteiger partial charge is 0.343 e. The van der Waals surface area contributed by atoms with Gasteiger partial charge in [-0.2, -0.15) is 5.10 Å². The van der Waals surface area contributed by atoms with Crippen LogP contribution in [0.4, 0.5) is 0 Å². The van der Waals surface area contributed by atoms with Gasteiger partial charge in [0.25, 0.3) is 5.91 Å². The molecule has 0 aromatic heterocycles. The molecule has 0 spiro atoms. The number of hydrogen-bond donors (Lipinski definition) is 1. The molecule has 1 amide bonds. The molecule has 0 aliphatic heterocycles. The van der Waals surface area contributed by atoms with Crippen LogP contribution in [0.2, 0.25) is 0 Å². The third kappa shape index (κ3) is 6.45. The first-order valence-electron chi connectivity index (χ1n) is 11.1. The van der Waals surface area contributed by atoms with E-state index in [-0.39, 0.29) is 6.61 Å². The van der Waals surface area contributed by atoms with Crippen LogP contribution >= 0.6 is 15.9 Å². The molecule has 4 aromatic carbocycles. The molecule has 1 N–H and O–H groups in total. The summed E-state index contributed by atoms with van der Waals surface area (Å²) in [6.45, 7) is -0.195. The third-order valence-corrected chi connectivity index (χ3v) is 6.12. The number of hydrazone groups is 1. The van der Waals surface area contributed by atoms with Gasteiger partial charge in [0.05, 0.1) is 30.5 Å². The first-order valence-corrected chi connectivity index (χ1v) is 11.9. The maximum atomic E-state index is 12.5. The van der Waals surface area contributed by atoms with Gasteiger partial charge in [0, 0.05) is 0 Å². The largest absolute Gasteiger partial charge is 0.493 e. The molecule has 0 fully saturated rings. The van der Waals surface area contributed by atoms with Crippen LogP contribution < -0.4 is 24.4 Å². The maximum Gasteiger partial charge on any atom is 0.343 e. The van der Waals surface area contributed by atoms with E-state index < -0.39 is 11.9 Å². The van der Waals surface area contributed by atoms with E-state index in [1.807, 2.05) is 36.4 Å². The highest BCUT2D eigenvalue weighted by molar-refractivity contribution is 9.10. The fourth-order valence-electron chi connectivity index (χ4n) is 3.43. The lowest BCUT2D eigenvalue weighted by Crippen LogP contribution is -2.24. The van der Waals surface area contributed by atoms with E-state index in [2.05, 4.69) is 26.5 Å². The van der Waals surface area contributed by atoms with Crippen LogP contribution in [0.3, 0.4) is 0 Å². The Morgan fingerprint density at radius 2 is 1.62 bits per heavy atom. The summed E-state index contributed by atoms with van der Waals surface area (Å²) in [5.74, 6) is 0.930. The number of nitrogens with one attached hydrogen (secondary N) is 1. The van der Waals surface area contributed by atoms with E-state index in [1.165, 1.54) is 20.4 Å². The number of hydrogen-bond acceptors (Lipinski definition) is 7. The van der Waals surface area contributed by atoms with E-state index in [0.29, 0.717) is 34.1 Å². The van der Waals surface area contributed by atoms with Gasteiger partial charge in [-0.05, 0) is 80.8 Å². The number of methoxy groups -OCH3 is 2. The number of ether oxygens (including phenoxy) is 4. The Morgan fingerprint density at radius 3 is 2.38 bits per heavy atom. The second kappa shape index (κ2) is 12.0. The second-order valence-corrected chi connectivity index (χ2v) is 8.50. The van der Waals surface area contributed by atoms with Crippen molar-refractivity contribution < 1.29 is 28.5 Å². The number of esters is 1. The van der Waals surface area contributed by atoms with Crippen molar-refractivity contribution in [2.75, 3.05) is 20.8 Å². The van der Waals surface area contributed by atoms with Crippen molar-refractivity contribution in [2.24, 2.45) is 5.10 Å². The van der Waals surface area contributed by atoms with Crippen LogP contribution in [0, 0.1) is 0 Å². The molecule has 8 nitrogen and oxygen atoms in total. The molecule has 0 unspecified atom stereocenters. The molecule has 4 aromatic rings. The third-order valence-electron chi connectivity index (χ3n) is 5.30. The van der Waals surface area contributed by atoms with Crippen molar-refractivity contribution >= 4 is 44.8 Å². The van der Waals surface area contributed by atoms with Crippen molar-refractivity contribution in [1.82, 2.24) is 5.43 Å². The SMILES string of the molecule is COc1ccc(C(=O)Oc2ccc(/C=N\NC(=O)COc3ccc4ccccc4c3Br)cc2)cc1OC. The molecule has 0 aliphatic rings. The minimum Gasteiger partial charge on any atom is -0.493 e. The van der Waals surface area contributed by atoms with Crippen LogP contribution in [-0.2, 0) is 4.79 Å². The summed E-state index contributed by atoms with van der Waals surface area (Å²) in [6, 6.07) is 23.0. The highest BCUT2D eigenvalue weighted by Gasteiger charge is 2.13. The molecule has 188 valence electrons. The molecular weight excluding hydrogens is 540 g/mol. The van der Waals surface area contributed by atoms with Gasteiger partial charge in [-0.3, -0.25) is 4.79 Å². The topological polar surface area (TPSA) is 95.5 Å². The summed E-state index contributed by atoms with van der Waals surface area (Å²) in [7, 11) is 3.01. The average Bonchev–Trinajstić information content (AvgIpc) is 2.93. The van der Waals surface area contributed by atoms with Crippen LogP contribution in [0.25, 0.3) is 10.8 Å². The highest BCUT2D eigenvalue weighted by Crippen LogP contribution is 2.33. The number of amides is 1. The lowest BCUT2D eigenvalue weighted by molar-refractivity contribution is -0.123. The molecule has 0 atom stereocenters. The van der Waals surface area contributed by atoms with E-state index in [0.717, 1.165) is 15.2 Å². The Balaban J connectivity index is 1.28. The zero-order valence-corrected chi connectivity index (χ0v) is 21.7. The van der Waals surface area contributed by atoms with Gasteiger partial charge in [0.2, 0.25) is 0 Å². The second-order valence-electron chi connectivity index (χ2n) is 7.71. The van der Waals surface area contributed by atoms with Gasteiger partial charge in [-0.1, -0.05) is 30.3 Å². The van der Waals surface area contributed by atoms with Gasteiger partial charge in [0.1, 0.15) is 11.5 Å². The molecule has 0 heterocycles. The molecule has 37 heavy (non-hydrogen) atoms. The zero-order valence-electron chi connectivity index (χ0n) is 20.1. The summed E-state index contributed by atoms with van der Waals surface area (Å²) in [5.41, 5.74) is 3.45. The van der Waals surface area contributed by atoms with Crippen LogP contribution in [0.5, 0.6) is 23.0 Å². The Kier molecular flexibility index (Phi) is 8.37. The van der Waals surface area contributed by atoms with Crippen molar-refractivity contribution in [3.05, 3.63) is 94.5 Å². The summed E-state index contributed by atoms with van der Waals surface area (Å²) >= 11 is 3.53. The molecule has 4 rings (SSSR count). The van der Waals surface area contributed by atoms with Gasteiger partial charge in [-0.25, -0.2) is 10.2 Å². The monoisotopic (exact) mass is 562 g/mol. The van der Waals surface area contributed by atoms with Crippen LogP contribution in [0.15, 0.2) is 88.4 Å². The Bertz CT molecular complexity index is 1450. The number of nitrogens with zero attached hydrogens (tertiary/aromatic N) is 1. The average molecular weight is 563 g/mol. The lowest BCUT2D eigenvalue weighted by atomic mass is 10.1. The number of benzene rings is 4. The van der Waals surface area contributed by atoms with Gasteiger partial charge in [-0.15, -0.1) is 0 Å². The van der Waals surface area contributed by atoms with Gasteiger partial charge >= 0.3 is 5.97 Å². The van der Waals surface area contributed by atoms with Gasteiger partial charge < -0.3 is 18.9 Å². The van der Waals surface area contributed by atoms with E-state index >= 15 is 0 Å². The fraction of sp³-hybridized carbons (Fsp3) is 0.107. The van der Waals surface area contributed by atoms with Crippen molar-refractivity contribution in [2.45, 2.75) is 0 Å². The quantitative estimate of drug-likeness (QED) is 0.127. The molecule has 0 saturated heterocycles. The first-order chi connectivity index (χ1) is 18.0. The maximum absolute atomic E-state index is 12.5. The minimum absolute atomic E-state index is 0.195. The molecular formula is C28H23BrN2O6. The van der Waals surface area contributed by atoms with E-state index in [4.69, 9.17) is 18.9 Å². The first kappa shape index (κ1) is 25.7. The summed E-state index contributed by atoms with van der Waals surface area (Å²) in [6.07, 6.45) is 1.48. The predicted octanol–water partition coefficient (Wildman–Crippen LogP) is 5.37. The molecule has 0 bridgehead atoms. The fourth-order valence-corrected chi connectivity index (χ4v) is 4.04. The predicted molar refractivity (Wildman–Crippen MR) is 144 cm³/mol. The van der Waals surface area contributed by atoms with Crippen molar-refractivity contribution in [1.29, 1.82) is 0 Å². The molecule has 9 heteroatoms. The van der Waals surface area contributed by atoms with Crippen molar-refractivity contribution in [3.63, 3.8) is 0 Å². The van der Waals surface area contributed by atoms with Crippen LogP contribution in [0.1, 0.15) is 15.9 Å². The number of rotatable bonds is 9. The molecule has 0 saturated carbocycles. The lowest BCUT2D eigenvalue weighted by Gasteiger charge is -2.10. The Morgan fingerprint density at radius 1 is 0.892 bits per heavy atom. The molecule has 0 aliphatic carbocycles. The van der Waals surface area contributed by atoms with Crippen LogP contribution in [-0.4, -0.2) is 38.9 Å². The number of carbonyl (C=O) groups is 2. The summed E-state index contributed by atoms with van der Waals surface area (Å²) in [5, 5.41) is 6.01. The normalized spacial score (nSPS) is 10.8. The number of fused-ring (bicyclic) bond motifs is 1. The minimum atomic E-state index is -0.535. The highest BCUT2D eigenvalue weighted by atomic mass is 79.9. The zero-order chi connectivity index (χ0) is 26.2. The van der Waals surface area contributed by atoms with E-state index in [1.54, 1.807) is 42.5 Å². The molecule has 0 radical (unpaired) electrons.